The second-order valence-electron chi connectivity index (χ2n) is 26.4. The van der Waals surface area contributed by atoms with E-state index in [0.717, 1.165) is 120 Å². The lowest BCUT2D eigenvalue weighted by Crippen LogP contribution is -2.30. The van der Waals surface area contributed by atoms with Gasteiger partial charge in [-0.25, -0.2) is 9.13 Å². The lowest BCUT2D eigenvalue weighted by molar-refractivity contribution is -0.161. The Balaban J connectivity index is 5.26. The van der Waals surface area contributed by atoms with Crippen molar-refractivity contribution in [2.45, 2.75) is 356 Å². The van der Waals surface area contributed by atoms with Gasteiger partial charge in [-0.1, -0.05) is 287 Å². The number of carbonyl (C=O) groups is 4. The van der Waals surface area contributed by atoms with Crippen LogP contribution in [0.4, 0.5) is 0 Å². The van der Waals surface area contributed by atoms with Crippen molar-refractivity contribution in [2.24, 2.45) is 23.7 Å². The fourth-order valence-corrected chi connectivity index (χ4v) is 11.8. The molecule has 0 aliphatic rings. The minimum absolute atomic E-state index is 0.103. The highest BCUT2D eigenvalue weighted by Gasteiger charge is 2.30. The Morgan fingerprint density at radius 2 is 0.545 bits per heavy atom. The van der Waals surface area contributed by atoms with Gasteiger partial charge in [0.15, 0.2) is 12.2 Å². The number of carbonyl (C=O) groups excluding carboxylic acids is 4. The van der Waals surface area contributed by atoms with Gasteiger partial charge in [0, 0.05) is 25.7 Å². The van der Waals surface area contributed by atoms with Crippen molar-refractivity contribution in [1.29, 1.82) is 0 Å². The minimum Gasteiger partial charge on any atom is -0.462 e. The number of hydrogen-bond donors (Lipinski definition) is 3. The quantitative estimate of drug-likeness (QED) is 0.0222. The lowest BCUT2D eigenvalue weighted by atomic mass is 9.99. The van der Waals surface area contributed by atoms with Gasteiger partial charge in [-0.2, -0.15) is 0 Å². The summed E-state index contributed by atoms with van der Waals surface area (Å²) >= 11 is 0. The zero-order valence-corrected chi connectivity index (χ0v) is 59.1. The van der Waals surface area contributed by atoms with Crippen molar-refractivity contribution in [3.63, 3.8) is 0 Å². The van der Waals surface area contributed by atoms with Gasteiger partial charge in [-0.15, -0.1) is 0 Å². The molecule has 0 aliphatic heterocycles. The number of phosphoric acid groups is 2. The van der Waals surface area contributed by atoms with Crippen LogP contribution in [-0.4, -0.2) is 96.7 Å². The number of phosphoric ester groups is 2. The molecule has 0 saturated heterocycles. The highest BCUT2D eigenvalue weighted by molar-refractivity contribution is 7.47. The summed E-state index contributed by atoms with van der Waals surface area (Å²) in [5.41, 5.74) is 0. The normalized spacial score (nSPS) is 14.9. The predicted octanol–water partition coefficient (Wildman–Crippen LogP) is 19.3. The van der Waals surface area contributed by atoms with Crippen LogP contribution in [0.3, 0.4) is 0 Å². The first-order valence-electron chi connectivity index (χ1n) is 35.8. The highest BCUT2D eigenvalue weighted by atomic mass is 31.2. The average molecular weight is 1300 g/mol. The van der Waals surface area contributed by atoms with Crippen molar-refractivity contribution >= 4 is 39.5 Å². The molecule has 0 spiro atoms. The molecule has 4 unspecified atom stereocenters. The van der Waals surface area contributed by atoms with Gasteiger partial charge in [0.1, 0.15) is 19.3 Å². The summed E-state index contributed by atoms with van der Waals surface area (Å²) in [4.78, 5) is 72.5. The van der Waals surface area contributed by atoms with E-state index in [4.69, 9.17) is 37.0 Å². The molecule has 0 heterocycles. The largest absolute Gasteiger partial charge is 0.472 e. The highest BCUT2D eigenvalue weighted by Crippen LogP contribution is 2.45. The van der Waals surface area contributed by atoms with Gasteiger partial charge >= 0.3 is 39.5 Å². The molecule has 19 heteroatoms. The second kappa shape index (κ2) is 58.8. The van der Waals surface area contributed by atoms with E-state index >= 15 is 0 Å². The van der Waals surface area contributed by atoms with Crippen LogP contribution in [0.25, 0.3) is 0 Å². The molecule has 0 aromatic carbocycles. The van der Waals surface area contributed by atoms with E-state index < -0.39 is 97.5 Å². The molecule has 7 atom stereocenters. The summed E-state index contributed by atoms with van der Waals surface area (Å²) in [5.74, 6) is 0.870. The first-order chi connectivity index (χ1) is 42.2. The van der Waals surface area contributed by atoms with Crippen LogP contribution in [0.2, 0.25) is 0 Å². The first kappa shape index (κ1) is 86.1. The Kier molecular flexibility index (Phi) is 57.6. The zero-order chi connectivity index (χ0) is 65.4. The number of ether oxygens (including phenoxy) is 4. The fourth-order valence-electron chi connectivity index (χ4n) is 10.2. The van der Waals surface area contributed by atoms with E-state index in [2.05, 4.69) is 55.4 Å². The predicted molar refractivity (Wildman–Crippen MR) is 354 cm³/mol. The third-order valence-electron chi connectivity index (χ3n) is 16.5. The molecular weight excluding hydrogens is 1160 g/mol. The molecular formula is C69H134O17P2. The maximum Gasteiger partial charge on any atom is 0.472 e. The van der Waals surface area contributed by atoms with Gasteiger partial charge in [0.25, 0.3) is 0 Å². The van der Waals surface area contributed by atoms with Crippen molar-refractivity contribution in [2.75, 3.05) is 39.6 Å². The smallest absolute Gasteiger partial charge is 0.462 e. The first-order valence-corrected chi connectivity index (χ1v) is 38.8. The van der Waals surface area contributed by atoms with Crippen LogP contribution in [-0.2, 0) is 65.4 Å². The Hall–Kier alpha value is -1.94. The SMILES string of the molecule is CCC(C)CCCCCCCCCCC(=O)OC[C@H](COP(=O)(O)OC[C@@H](O)COP(=O)(O)OC[C@@H](COC(=O)CCCCCCCCC(C)CC)OC(=O)CCCCCCCCCCCCCCC(C)C)OC(=O)CCCCCCCCCCC(C)C. The van der Waals surface area contributed by atoms with Gasteiger partial charge in [-0.05, 0) is 49.4 Å². The van der Waals surface area contributed by atoms with E-state index in [0.29, 0.717) is 25.7 Å². The third-order valence-corrected chi connectivity index (χ3v) is 18.4. The molecule has 17 nitrogen and oxygen atoms in total. The minimum atomic E-state index is -4.95. The monoisotopic (exact) mass is 1300 g/mol. The third kappa shape index (κ3) is 60.3. The zero-order valence-electron chi connectivity index (χ0n) is 57.3. The van der Waals surface area contributed by atoms with Crippen LogP contribution in [0, 0.1) is 23.7 Å². The maximum absolute atomic E-state index is 13.0. The number of aliphatic hydroxyl groups excluding tert-OH is 1. The van der Waals surface area contributed by atoms with Crippen molar-refractivity contribution in [1.82, 2.24) is 0 Å². The molecule has 0 radical (unpaired) electrons. The maximum atomic E-state index is 13.0. The molecule has 0 rings (SSSR count). The molecule has 0 amide bonds. The van der Waals surface area contributed by atoms with Crippen molar-refractivity contribution in [3.05, 3.63) is 0 Å². The number of unbranched alkanes of at least 4 members (excludes halogenated alkanes) is 30. The molecule has 0 fully saturated rings. The van der Waals surface area contributed by atoms with E-state index in [1.807, 2.05) is 0 Å². The molecule has 0 aliphatic carbocycles. The summed E-state index contributed by atoms with van der Waals surface area (Å²) in [7, 11) is -9.90. The fraction of sp³-hybridized carbons (Fsp3) is 0.942. The van der Waals surface area contributed by atoms with Gasteiger partial charge in [0.05, 0.1) is 26.4 Å². The van der Waals surface area contributed by atoms with Crippen LogP contribution < -0.4 is 0 Å². The Morgan fingerprint density at radius 1 is 0.318 bits per heavy atom. The van der Waals surface area contributed by atoms with Crippen LogP contribution in [0.15, 0.2) is 0 Å². The lowest BCUT2D eigenvalue weighted by Gasteiger charge is -2.21. The van der Waals surface area contributed by atoms with Crippen LogP contribution >= 0.6 is 15.6 Å². The molecule has 0 saturated carbocycles. The summed E-state index contributed by atoms with van der Waals surface area (Å²) in [6.07, 6.45) is 40.3. The summed E-state index contributed by atoms with van der Waals surface area (Å²) in [5, 5.41) is 10.6. The van der Waals surface area contributed by atoms with Gasteiger partial charge < -0.3 is 33.8 Å². The molecule has 0 aromatic rings. The summed E-state index contributed by atoms with van der Waals surface area (Å²) < 4.78 is 68.2. The molecule has 0 aromatic heterocycles. The van der Waals surface area contributed by atoms with Crippen molar-refractivity contribution < 1.29 is 80.2 Å². The Labute approximate surface area is 537 Å². The van der Waals surface area contributed by atoms with Gasteiger partial charge in [0.2, 0.25) is 0 Å². The van der Waals surface area contributed by atoms with E-state index in [9.17, 15) is 43.2 Å². The Bertz CT molecular complexity index is 1750. The Morgan fingerprint density at radius 3 is 0.807 bits per heavy atom. The van der Waals surface area contributed by atoms with E-state index in [1.165, 1.54) is 135 Å². The van der Waals surface area contributed by atoms with E-state index in [-0.39, 0.29) is 25.7 Å². The number of esters is 4. The number of aliphatic hydroxyl groups is 1. The van der Waals surface area contributed by atoms with E-state index in [1.54, 1.807) is 0 Å². The average Bonchev–Trinajstić information content (AvgIpc) is 3.70. The second-order valence-corrected chi connectivity index (χ2v) is 29.3. The molecule has 522 valence electrons. The van der Waals surface area contributed by atoms with Crippen LogP contribution in [0.1, 0.15) is 338 Å². The summed E-state index contributed by atoms with van der Waals surface area (Å²) in [6.45, 7) is 14.1. The van der Waals surface area contributed by atoms with Crippen LogP contribution in [0.5, 0.6) is 0 Å². The molecule has 0 bridgehead atoms. The van der Waals surface area contributed by atoms with Crippen molar-refractivity contribution in [3.8, 4) is 0 Å². The molecule has 3 N–H and O–H groups in total. The molecule has 88 heavy (non-hydrogen) atoms. The van der Waals surface area contributed by atoms with Gasteiger partial charge in [-0.3, -0.25) is 37.3 Å². The topological polar surface area (TPSA) is 237 Å². The number of hydrogen-bond acceptors (Lipinski definition) is 15. The number of rotatable bonds is 66. The standard InChI is InChI=1S/C69H134O17P2/c1-9-61(7)47-39-31-23-18-20-24-33-41-49-66(71)79-55-64(86-69(74)52-44-36-26-19-17-22-30-38-46-60(5)6)57-83-87(75,76)81-53-63(70)54-82-88(77,78)84-58-65(56-80-67(72)50-42-34-28-27-32-40-48-62(8)10-2)85-68(73)51-43-35-25-16-14-12-11-13-15-21-29-37-45-59(3)4/h59-65,70H,9-58H2,1-8H3,(H,75,76)(H,77,78)/t61?,62?,63-,64-,65-/m1/s1. The summed E-state index contributed by atoms with van der Waals surface area (Å²) in [6, 6.07) is 0.